The van der Waals surface area contributed by atoms with Crippen molar-refractivity contribution >= 4 is 20.6 Å². The number of hydrogen-bond acceptors (Lipinski definition) is 3. The van der Waals surface area contributed by atoms with Gasteiger partial charge in [-0.25, -0.2) is 8.42 Å². The van der Waals surface area contributed by atoms with E-state index in [1.54, 1.807) is 12.1 Å². The van der Waals surface area contributed by atoms with Crippen LogP contribution in [-0.4, -0.2) is 27.3 Å². The van der Waals surface area contributed by atoms with Crippen LogP contribution in [-0.2, 0) is 9.84 Å². The van der Waals surface area contributed by atoms with Crippen LogP contribution in [0.2, 0.25) is 0 Å². The van der Waals surface area contributed by atoms with Crippen molar-refractivity contribution in [1.29, 1.82) is 0 Å². The molecule has 1 unspecified atom stereocenters. The lowest BCUT2D eigenvalue weighted by molar-refractivity contribution is 0.500. The molecule has 0 saturated heterocycles. The molecular formula is C17H23NO2S. The first-order chi connectivity index (χ1) is 10.1. The molecule has 0 aliphatic heterocycles. The minimum absolute atomic E-state index is 0.212. The maximum absolute atomic E-state index is 12.4. The van der Waals surface area contributed by atoms with Gasteiger partial charge in [0.2, 0.25) is 0 Å². The molecule has 2 rings (SSSR count). The van der Waals surface area contributed by atoms with Crippen molar-refractivity contribution < 1.29 is 8.42 Å². The van der Waals surface area contributed by atoms with E-state index in [-0.39, 0.29) is 5.75 Å². The lowest BCUT2D eigenvalue weighted by Crippen LogP contribution is -2.24. The number of rotatable bonds is 7. The molecule has 0 aliphatic carbocycles. The van der Waals surface area contributed by atoms with E-state index in [0.29, 0.717) is 17.4 Å². The van der Waals surface area contributed by atoms with Gasteiger partial charge < -0.3 is 5.32 Å². The van der Waals surface area contributed by atoms with Crippen LogP contribution in [0.4, 0.5) is 0 Å². The van der Waals surface area contributed by atoms with Gasteiger partial charge in [-0.2, -0.15) is 0 Å². The average Bonchev–Trinajstić information content (AvgIpc) is 2.51. The number of nitrogens with one attached hydrogen (secondary N) is 1. The molecule has 0 bridgehead atoms. The third kappa shape index (κ3) is 4.05. The Balaban J connectivity index is 2.10. The molecule has 0 amide bonds. The summed E-state index contributed by atoms with van der Waals surface area (Å²) in [5.74, 6) is 0.212. The monoisotopic (exact) mass is 305 g/mol. The Morgan fingerprint density at radius 3 is 2.48 bits per heavy atom. The maximum atomic E-state index is 12.4. The van der Waals surface area contributed by atoms with E-state index in [9.17, 15) is 8.42 Å². The van der Waals surface area contributed by atoms with Gasteiger partial charge in [0, 0.05) is 6.04 Å². The lowest BCUT2D eigenvalue weighted by atomic mass is 10.1. The molecule has 114 valence electrons. The topological polar surface area (TPSA) is 46.2 Å². The maximum Gasteiger partial charge on any atom is 0.178 e. The van der Waals surface area contributed by atoms with Gasteiger partial charge in [-0.05, 0) is 49.2 Å². The van der Waals surface area contributed by atoms with E-state index in [0.717, 1.165) is 23.6 Å². The minimum Gasteiger partial charge on any atom is -0.317 e. The molecule has 3 nitrogen and oxygen atoms in total. The zero-order chi connectivity index (χ0) is 15.3. The van der Waals surface area contributed by atoms with Crippen molar-refractivity contribution in [3.63, 3.8) is 0 Å². The average molecular weight is 305 g/mol. The molecule has 0 aromatic heterocycles. The fraction of sp³-hybridized carbons (Fsp3) is 0.412. The summed E-state index contributed by atoms with van der Waals surface area (Å²) in [6.45, 7) is 2.11. The van der Waals surface area contributed by atoms with Gasteiger partial charge >= 0.3 is 0 Å². The van der Waals surface area contributed by atoms with E-state index in [2.05, 4.69) is 12.2 Å². The Bertz CT molecular complexity index is 691. The second-order valence-corrected chi connectivity index (χ2v) is 7.47. The van der Waals surface area contributed by atoms with Crippen LogP contribution in [0.3, 0.4) is 0 Å². The fourth-order valence-corrected chi connectivity index (χ4v) is 3.92. The molecule has 0 fully saturated rings. The van der Waals surface area contributed by atoms with Crippen LogP contribution in [0.25, 0.3) is 10.8 Å². The molecule has 0 saturated carbocycles. The van der Waals surface area contributed by atoms with Crippen molar-refractivity contribution in [2.24, 2.45) is 0 Å². The standard InChI is InChI=1S/C17H23NO2S/c1-3-16(18-2)9-6-12-21(19,20)17-11-10-14-7-4-5-8-15(14)13-17/h4-5,7-8,10-11,13,16,18H,3,6,9,12H2,1-2H3. The Kier molecular flexibility index (Phi) is 5.37. The van der Waals surface area contributed by atoms with Gasteiger partial charge in [-0.3, -0.25) is 0 Å². The summed E-state index contributed by atoms with van der Waals surface area (Å²) < 4.78 is 24.8. The molecular weight excluding hydrogens is 282 g/mol. The van der Waals surface area contributed by atoms with Crippen molar-refractivity contribution in [2.75, 3.05) is 12.8 Å². The first kappa shape index (κ1) is 16.0. The normalized spacial score (nSPS) is 13.4. The third-order valence-electron chi connectivity index (χ3n) is 3.95. The van der Waals surface area contributed by atoms with E-state index in [1.807, 2.05) is 37.4 Å². The van der Waals surface area contributed by atoms with Gasteiger partial charge in [0.25, 0.3) is 0 Å². The summed E-state index contributed by atoms with van der Waals surface area (Å²) in [6, 6.07) is 13.6. The summed E-state index contributed by atoms with van der Waals surface area (Å²) >= 11 is 0. The summed E-state index contributed by atoms with van der Waals surface area (Å²) in [7, 11) is -1.27. The first-order valence-corrected chi connectivity index (χ1v) is 9.11. The highest BCUT2D eigenvalue weighted by molar-refractivity contribution is 7.91. The number of sulfone groups is 1. The Labute approximate surface area is 127 Å². The molecule has 1 N–H and O–H groups in total. The summed E-state index contributed by atoms with van der Waals surface area (Å²) in [6.07, 6.45) is 2.60. The molecule has 21 heavy (non-hydrogen) atoms. The highest BCUT2D eigenvalue weighted by atomic mass is 32.2. The van der Waals surface area contributed by atoms with Crippen LogP contribution in [0.5, 0.6) is 0 Å². The van der Waals surface area contributed by atoms with Crippen molar-refractivity contribution in [3.8, 4) is 0 Å². The van der Waals surface area contributed by atoms with Gasteiger partial charge in [0.15, 0.2) is 9.84 Å². The van der Waals surface area contributed by atoms with Crippen molar-refractivity contribution in [2.45, 2.75) is 37.1 Å². The largest absolute Gasteiger partial charge is 0.317 e. The van der Waals surface area contributed by atoms with Gasteiger partial charge in [-0.1, -0.05) is 37.3 Å². The van der Waals surface area contributed by atoms with Crippen molar-refractivity contribution in [3.05, 3.63) is 42.5 Å². The van der Waals surface area contributed by atoms with E-state index < -0.39 is 9.84 Å². The zero-order valence-corrected chi connectivity index (χ0v) is 13.5. The second kappa shape index (κ2) is 7.05. The number of benzene rings is 2. The predicted molar refractivity (Wildman–Crippen MR) is 88.4 cm³/mol. The quantitative estimate of drug-likeness (QED) is 0.853. The van der Waals surface area contributed by atoms with Crippen LogP contribution < -0.4 is 5.32 Å². The molecule has 1 atom stereocenters. The van der Waals surface area contributed by atoms with Crippen molar-refractivity contribution in [1.82, 2.24) is 5.32 Å². The second-order valence-electron chi connectivity index (χ2n) is 5.36. The zero-order valence-electron chi connectivity index (χ0n) is 12.7. The summed E-state index contributed by atoms with van der Waals surface area (Å²) in [4.78, 5) is 0.429. The van der Waals surface area contributed by atoms with Crippen LogP contribution >= 0.6 is 0 Å². The van der Waals surface area contributed by atoms with Gasteiger partial charge in [-0.15, -0.1) is 0 Å². The van der Waals surface area contributed by atoms with E-state index in [1.165, 1.54) is 0 Å². The SMILES string of the molecule is CCC(CCCS(=O)(=O)c1ccc2ccccc2c1)NC. The molecule has 0 aliphatic rings. The van der Waals surface area contributed by atoms with E-state index >= 15 is 0 Å². The predicted octanol–water partition coefficient (Wildman–Crippen LogP) is 3.39. The Morgan fingerprint density at radius 1 is 1.10 bits per heavy atom. The Hall–Kier alpha value is -1.39. The minimum atomic E-state index is -3.19. The molecule has 0 radical (unpaired) electrons. The van der Waals surface area contributed by atoms with E-state index in [4.69, 9.17) is 0 Å². The highest BCUT2D eigenvalue weighted by Gasteiger charge is 2.15. The molecule has 2 aromatic rings. The third-order valence-corrected chi connectivity index (χ3v) is 5.75. The number of hydrogen-bond donors (Lipinski definition) is 1. The highest BCUT2D eigenvalue weighted by Crippen LogP contribution is 2.20. The Morgan fingerprint density at radius 2 is 1.81 bits per heavy atom. The smallest absolute Gasteiger partial charge is 0.178 e. The van der Waals surface area contributed by atoms with Crippen LogP contribution in [0.1, 0.15) is 26.2 Å². The first-order valence-electron chi connectivity index (χ1n) is 7.45. The summed E-state index contributed by atoms with van der Waals surface area (Å²) in [5.41, 5.74) is 0. The fourth-order valence-electron chi connectivity index (χ4n) is 2.55. The van der Waals surface area contributed by atoms with Crippen LogP contribution in [0, 0.1) is 0 Å². The number of fused-ring (bicyclic) bond motifs is 1. The van der Waals surface area contributed by atoms with Gasteiger partial charge in [0.05, 0.1) is 10.6 Å². The molecule has 0 heterocycles. The van der Waals surface area contributed by atoms with Crippen LogP contribution in [0.15, 0.2) is 47.4 Å². The van der Waals surface area contributed by atoms with Gasteiger partial charge in [0.1, 0.15) is 0 Å². The lowest BCUT2D eigenvalue weighted by Gasteiger charge is -2.13. The molecule has 0 spiro atoms. The molecule has 4 heteroatoms. The molecule has 2 aromatic carbocycles. The summed E-state index contributed by atoms with van der Waals surface area (Å²) in [5, 5.41) is 5.25.